The quantitative estimate of drug-likeness (QED) is 0.843. The molecule has 1 fully saturated rings. The smallest absolute Gasteiger partial charge is 0.250 e. The van der Waals surface area contributed by atoms with Gasteiger partial charge in [0.15, 0.2) is 0 Å². The summed E-state index contributed by atoms with van der Waals surface area (Å²) in [4.78, 5) is 18.3. The molecule has 0 N–H and O–H groups in total. The molecule has 1 amide bonds. The molecule has 1 aliphatic heterocycles. The zero-order chi connectivity index (χ0) is 13.2. The third-order valence-electron chi connectivity index (χ3n) is 3.44. The van der Waals surface area contributed by atoms with Crippen LogP contribution in [-0.2, 0) is 4.79 Å². The van der Waals surface area contributed by atoms with Crippen molar-refractivity contribution in [2.45, 2.75) is 12.5 Å². The largest absolute Gasteiger partial charge is 0.495 e. The lowest BCUT2D eigenvalue weighted by molar-refractivity contribution is -0.119. The first-order valence-electron chi connectivity index (χ1n) is 6.23. The van der Waals surface area contributed by atoms with Gasteiger partial charge in [0.1, 0.15) is 11.8 Å². The molecule has 1 atom stereocenters. The van der Waals surface area contributed by atoms with E-state index < -0.39 is 0 Å². The van der Waals surface area contributed by atoms with Gasteiger partial charge in [-0.15, -0.1) is 0 Å². The van der Waals surface area contributed by atoms with E-state index in [1.165, 1.54) is 0 Å². The number of hydrogen-bond acceptors (Lipinski definition) is 3. The number of methoxy groups -OCH3 is 1. The fourth-order valence-electron chi connectivity index (χ4n) is 2.49. The summed E-state index contributed by atoms with van der Waals surface area (Å²) in [6.45, 7) is 0.696. The third-order valence-corrected chi connectivity index (χ3v) is 3.44. The van der Waals surface area contributed by atoms with Crippen molar-refractivity contribution in [1.29, 1.82) is 0 Å². The number of aromatic nitrogens is 2. The van der Waals surface area contributed by atoms with Crippen LogP contribution in [0.4, 0.5) is 5.69 Å². The number of hydrogen-bond donors (Lipinski definition) is 0. The van der Waals surface area contributed by atoms with Gasteiger partial charge in [-0.3, -0.25) is 4.79 Å². The van der Waals surface area contributed by atoms with E-state index >= 15 is 0 Å². The summed E-state index contributed by atoms with van der Waals surface area (Å²) < 4.78 is 7.18. The van der Waals surface area contributed by atoms with E-state index in [0.717, 1.165) is 17.9 Å². The van der Waals surface area contributed by atoms with Crippen LogP contribution < -0.4 is 9.64 Å². The molecule has 98 valence electrons. The Balaban J connectivity index is 1.90. The third kappa shape index (κ3) is 1.97. The van der Waals surface area contributed by atoms with Gasteiger partial charge in [-0.1, -0.05) is 12.1 Å². The van der Waals surface area contributed by atoms with Crippen LogP contribution in [-0.4, -0.2) is 29.1 Å². The second-order valence-corrected chi connectivity index (χ2v) is 4.48. The highest BCUT2D eigenvalue weighted by atomic mass is 16.5. The van der Waals surface area contributed by atoms with E-state index in [4.69, 9.17) is 4.74 Å². The molecule has 1 saturated heterocycles. The molecule has 5 nitrogen and oxygen atoms in total. The number of imidazole rings is 1. The maximum absolute atomic E-state index is 12.5. The summed E-state index contributed by atoms with van der Waals surface area (Å²) in [6.07, 6.45) is 5.99. The molecule has 0 spiro atoms. The minimum atomic E-state index is -0.160. The van der Waals surface area contributed by atoms with E-state index in [-0.39, 0.29) is 11.9 Å². The van der Waals surface area contributed by atoms with Crippen molar-refractivity contribution < 1.29 is 9.53 Å². The van der Waals surface area contributed by atoms with Gasteiger partial charge in [-0.2, -0.15) is 0 Å². The number of ether oxygens (including phenoxy) is 1. The molecular formula is C14H15N3O2. The van der Waals surface area contributed by atoms with Gasteiger partial charge in [0.05, 0.1) is 19.1 Å². The van der Waals surface area contributed by atoms with Crippen molar-refractivity contribution in [3.63, 3.8) is 0 Å². The lowest BCUT2D eigenvalue weighted by Crippen LogP contribution is -2.28. The molecule has 19 heavy (non-hydrogen) atoms. The molecule has 1 aromatic carbocycles. The molecule has 0 unspecified atom stereocenters. The highest BCUT2D eigenvalue weighted by molar-refractivity contribution is 5.99. The first-order chi connectivity index (χ1) is 9.31. The molecule has 1 aliphatic rings. The Kier molecular flexibility index (Phi) is 2.95. The number of amides is 1. The topological polar surface area (TPSA) is 47.4 Å². The van der Waals surface area contributed by atoms with E-state index in [1.54, 1.807) is 24.5 Å². The highest BCUT2D eigenvalue weighted by Crippen LogP contribution is 2.34. The van der Waals surface area contributed by atoms with Crippen LogP contribution in [0.5, 0.6) is 5.75 Å². The van der Waals surface area contributed by atoms with Crippen LogP contribution >= 0.6 is 0 Å². The first kappa shape index (κ1) is 11.8. The van der Waals surface area contributed by atoms with Gasteiger partial charge in [-0.25, -0.2) is 4.98 Å². The Morgan fingerprint density at radius 2 is 2.21 bits per heavy atom. The molecule has 2 aromatic rings. The Labute approximate surface area is 111 Å². The molecule has 0 radical (unpaired) electrons. The van der Waals surface area contributed by atoms with Gasteiger partial charge in [-0.05, 0) is 18.6 Å². The molecule has 1 aromatic heterocycles. The number of carbonyl (C=O) groups excluding carboxylic acids is 1. The summed E-state index contributed by atoms with van der Waals surface area (Å²) in [5.74, 6) is 0.810. The summed E-state index contributed by atoms with van der Waals surface area (Å²) in [6, 6.07) is 7.43. The van der Waals surface area contributed by atoms with Crippen molar-refractivity contribution in [2.75, 3.05) is 18.6 Å². The SMILES string of the molecule is COc1ccccc1N1CC[C@@H](n2ccnc2)C1=O. The predicted molar refractivity (Wildman–Crippen MR) is 71.2 cm³/mol. The monoisotopic (exact) mass is 257 g/mol. The van der Waals surface area contributed by atoms with Crippen molar-refractivity contribution in [3.05, 3.63) is 43.0 Å². The summed E-state index contributed by atoms with van der Waals surface area (Å²) in [5, 5.41) is 0. The fraction of sp³-hybridized carbons (Fsp3) is 0.286. The van der Waals surface area contributed by atoms with Crippen LogP contribution in [0.3, 0.4) is 0 Å². The normalized spacial score (nSPS) is 18.9. The number of benzene rings is 1. The molecule has 0 aliphatic carbocycles. The van der Waals surface area contributed by atoms with Crippen LogP contribution in [0.25, 0.3) is 0 Å². The molecule has 0 bridgehead atoms. The minimum absolute atomic E-state index is 0.0856. The summed E-state index contributed by atoms with van der Waals surface area (Å²) >= 11 is 0. The minimum Gasteiger partial charge on any atom is -0.495 e. The van der Waals surface area contributed by atoms with E-state index in [2.05, 4.69) is 4.98 Å². The van der Waals surface area contributed by atoms with Crippen LogP contribution in [0.1, 0.15) is 12.5 Å². The Morgan fingerprint density at radius 1 is 1.37 bits per heavy atom. The van der Waals surface area contributed by atoms with Crippen molar-refractivity contribution in [3.8, 4) is 5.75 Å². The number of carbonyl (C=O) groups is 1. The summed E-state index contributed by atoms with van der Waals surface area (Å²) in [7, 11) is 1.62. The van der Waals surface area contributed by atoms with Gasteiger partial charge in [0, 0.05) is 18.9 Å². The lowest BCUT2D eigenvalue weighted by Gasteiger charge is -2.19. The zero-order valence-corrected chi connectivity index (χ0v) is 10.7. The van der Waals surface area contributed by atoms with E-state index in [0.29, 0.717) is 6.54 Å². The second kappa shape index (κ2) is 4.76. The maximum atomic E-state index is 12.5. The first-order valence-corrected chi connectivity index (χ1v) is 6.23. The molecular weight excluding hydrogens is 242 g/mol. The number of anilines is 1. The van der Waals surface area contributed by atoms with Gasteiger partial charge >= 0.3 is 0 Å². The number of nitrogens with zero attached hydrogens (tertiary/aromatic N) is 3. The van der Waals surface area contributed by atoms with Crippen molar-refractivity contribution in [1.82, 2.24) is 9.55 Å². The van der Waals surface area contributed by atoms with Crippen molar-refractivity contribution >= 4 is 11.6 Å². The van der Waals surface area contributed by atoms with E-state index in [1.807, 2.05) is 35.0 Å². The van der Waals surface area contributed by atoms with Gasteiger partial charge in [0.25, 0.3) is 0 Å². The summed E-state index contributed by atoms with van der Waals surface area (Å²) in [5.41, 5.74) is 0.831. The predicted octanol–water partition coefficient (Wildman–Crippen LogP) is 1.87. The zero-order valence-electron chi connectivity index (χ0n) is 10.7. The molecule has 5 heteroatoms. The van der Waals surface area contributed by atoms with Crippen molar-refractivity contribution in [2.24, 2.45) is 0 Å². The van der Waals surface area contributed by atoms with E-state index in [9.17, 15) is 4.79 Å². The highest BCUT2D eigenvalue weighted by Gasteiger charge is 2.34. The Morgan fingerprint density at radius 3 is 2.95 bits per heavy atom. The molecule has 0 saturated carbocycles. The van der Waals surface area contributed by atoms with Crippen LogP contribution in [0, 0.1) is 0 Å². The maximum Gasteiger partial charge on any atom is 0.250 e. The lowest BCUT2D eigenvalue weighted by atomic mass is 10.2. The number of rotatable bonds is 3. The Bertz CT molecular complexity index is 580. The fourth-order valence-corrected chi connectivity index (χ4v) is 2.49. The number of para-hydroxylation sites is 2. The standard InChI is InChI=1S/C14H15N3O2/c1-19-13-5-3-2-4-11(13)17-8-6-12(14(17)18)16-9-7-15-10-16/h2-5,7,9-10,12H,6,8H2,1H3/t12-/m1/s1. The van der Waals surface area contributed by atoms with Gasteiger partial charge < -0.3 is 14.2 Å². The van der Waals surface area contributed by atoms with Crippen LogP contribution in [0.15, 0.2) is 43.0 Å². The Hall–Kier alpha value is -2.30. The average Bonchev–Trinajstić information content (AvgIpc) is 3.08. The molecule has 2 heterocycles. The molecule has 3 rings (SSSR count). The second-order valence-electron chi connectivity index (χ2n) is 4.48. The van der Waals surface area contributed by atoms with Crippen LogP contribution in [0.2, 0.25) is 0 Å². The average molecular weight is 257 g/mol. The van der Waals surface area contributed by atoms with Gasteiger partial charge in [0.2, 0.25) is 5.91 Å².